The molecule has 3 nitrogen and oxygen atoms in total. The van der Waals surface area contributed by atoms with Gasteiger partial charge in [-0.05, 0) is 31.0 Å². The number of methoxy groups -OCH3 is 1. The second kappa shape index (κ2) is 6.69. The molecule has 0 bridgehead atoms. The molecule has 17 heavy (non-hydrogen) atoms. The first-order valence-electron chi connectivity index (χ1n) is 5.70. The summed E-state index contributed by atoms with van der Waals surface area (Å²) in [7, 11) is 1.61. The van der Waals surface area contributed by atoms with Gasteiger partial charge < -0.3 is 15.2 Å². The Morgan fingerprint density at radius 3 is 2.71 bits per heavy atom. The van der Waals surface area contributed by atoms with Crippen LogP contribution in [0.5, 0.6) is 0 Å². The van der Waals surface area contributed by atoms with E-state index in [1.165, 1.54) is 6.07 Å². The minimum atomic E-state index is -0.826. The first-order chi connectivity index (χ1) is 8.06. The summed E-state index contributed by atoms with van der Waals surface area (Å²) < 4.78 is 18.6. The number of aliphatic hydroxyl groups excluding tert-OH is 1. The lowest BCUT2D eigenvalue weighted by atomic mass is 10.00. The van der Waals surface area contributed by atoms with E-state index in [4.69, 9.17) is 4.74 Å². The highest BCUT2D eigenvalue weighted by Crippen LogP contribution is 2.22. The maximum absolute atomic E-state index is 13.7. The third-order valence-corrected chi connectivity index (χ3v) is 2.63. The van der Waals surface area contributed by atoms with Crippen LogP contribution in [0.4, 0.5) is 4.39 Å². The van der Waals surface area contributed by atoms with Gasteiger partial charge >= 0.3 is 0 Å². The molecule has 4 heteroatoms. The van der Waals surface area contributed by atoms with Crippen molar-refractivity contribution in [2.45, 2.75) is 20.0 Å². The smallest absolute Gasteiger partial charge is 0.129 e. The summed E-state index contributed by atoms with van der Waals surface area (Å²) in [5.41, 5.74) is 2.02. The van der Waals surface area contributed by atoms with Gasteiger partial charge in [-0.2, -0.15) is 0 Å². The molecule has 0 aliphatic heterocycles. The topological polar surface area (TPSA) is 41.5 Å². The summed E-state index contributed by atoms with van der Waals surface area (Å²) in [6.45, 7) is 5.18. The van der Waals surface area contributed by atoms with Crippen LogP contribution in [-0.2, 0) is 4.74 Å². The molecule has 96 valence electrons. The van der Waals surface area contributed by atoms with E-state index in [2.05, 4.69) is 5.32 Å². The Kier molecular flexibility index (Phi) is 5.55. The standard InChI is InChI=1S/C13H20FNO2/c1-9-6-10(2)13(11(14)7-9)12(16)8-15-4-5-17-3/h6-7,12,15-16H,4-5,8H2,1-3H3. The second-order valence-corrected chi connectivity index (χ2v) is 4.19. The predicted octanol–water partition coefficient (Wildman–Crippen LogP) is 1.71. The van der Waals surface area contributed by atoms with Crippen LogP contribution in [0.25, 0.3) is 0 Å². The number of hydrogen-bond donors (Lipinski definition) is 2. The van der Waals surface area contributed by atoms with Crippen LogP contribution in [0.2, 0.25) is 0 Å². The highest BCUT2D eigenvalue weighted by molar-refractivity contribution is 5.33. The Labute approximate surface area is 102 Å². The zero-order chi connectivity index (χ0) is 12.8. The van der Waals surface area contributed by atoms with Gasteiger partial charge in [-0.25, -0.2) is 4.39 Å². The monoisotopic (exact) mass is 241 g/mol. The molecule has 0 aromatic heterocycles. The third-order valence-electron chi connectivity index (χ3n) is 2.63. The molecular formula is C13H20FNO2. The molecule has 0 fully saturated rings. The molecule has 0 aliphatic rings. The number of aryl methyl sites for hydroxylation is 2. The summed E-state index contributed by atoms with van der Waals surface area (Å²) in [4.78, 5) is 0. The molecule has 1 unspecified atom stereocenters. The lowest BCUT2D eigenvalue weighted by molar-refractivity contribution is 0.158. The van der Waals surface area contributed by atoms with Crippen molar-refractivity contribution < 1.29 is 14.2 Å². The van der Waals surface area contributed by atoms with Crippen molar-refractivity contribution in [3.05, 3.63) is 34.6 Å². The summed E-state index contributed by atoms with van der Waals surface area (Å²) in [6.07, 6.45) is -0.826. The van der Waals surface area contributed by atoms with Crippen molar-refractivity contribution in [3.8, 4) is 0 Å². The summed E-state index contributed by atoms with van der Waals surface area (Å²) in [5.74, 6) is -0.344. The maximum atomic E-state index is 13.7. The first kappa shape index (κ1) is 14.1. The number of nitrogens with one attached hydrogen (secondary N) is 1. The van der Waals surface area contributed by atoms with E-state index in [1.54, 1.807) is 7.11 Å². The molecule has 1 rings (SSSR count). The lowest BCUT2D eigenvalue weighted by Gasteiger charge is -2.16. The predicted molar refractivity (Wildman–Crippen MR) is 65.6 cm³/mol. The molecule has 0 spiro atoms. The minimum absolute atomic E-state index is 0.324. The number of benzene rings is 1. The van der Waals surface area contributed by atoms with Crippen molar-refractivity contribution in [1.82, 2.24) is 5.32 Å². The maximum Gasteiger partial charge on any atom is 0.129 e. The molecule has 0 radical (unpaired) electrons. The van der Waals surface area contributed by atoms with E-state index in [1.807, 2.05) is 19.9 Å². The fourth-order valence-electron chi connectivity index (χ4n) is 1.86. The van der Waals surface area contributed by atoms with Crippen LogP contribution in [0, 0.1) is 19.7 Å². The Morgan fingerprint density at radius 1 is 1.41 bits per heavy atom. The van der Waals surface area contributed by atoms with Gasteiger partial charge in [-0.1, -0.05) is 6.07 Å². The highest BCUT2D eigenvalue weighted by atomic mass is 19.1. The molecular weight excluding hydrogens is 221 g/mol. The quantitative estimate of drug-likeness (QED) is 0.745. The number of rotatable bonds is 6. The van der Waals surface area contributed by atoms with Crippen molar-refractivity contribution in [2.75, 3.05) is 26.8 Å². The SMILES string of the molecule is COCCNCC(O)c1c(C)cc(C)cc1F. The van der Waals surface area contributed by atoms with Crippen LogP contribution < -0.4 is 5.32 Å². The fraction of sp³-hybridized carbons (Fsp3) is 0.538. The lowest BCUT2D eigenvalue weighted by Crippen LogP contribution is -2.25. The van der Waals surface area contributed by atoms with Crippen molar-refractivity contribution >= 4 is 0 Å². The van der Waals surface area contributed by atoms with Gasteiger partial charge in [0.15, 0.2) is 0 Å². The fourth-order valence-corrected chi connectivity index (χ4v) is 1.86. The summed E-state index contributed by atoms with van der Waals surface area (Å²) in [5, 5.41) is 12.9. The van der Waals surface area contributed by atoms with Gasteiger partial charge in [0.1, 0.15) is 5.82 Å². The van der Waals surface area contributed by atoms with Crippen LogP contribution in [0.15, 0.2) is 12.1 Å². The van der Waals surface area contributed by atoms with E-state index in [-0.39, 0.29) is 5.82 Å². The summed E-state index contributed by atoms with van der Waals surface area (Å²) >= 11 is 0. The van der Waals surface area contributed by atoms with Crippen molar-refractivity contribution in [1.29, 1.82) is 0 Å². The zero-order valence-electron chi connectivity index (χ0n) is 10.6. The largest absolute Gasteiger partial charge is 0.387 e. The Bertz CT molecular complexity index is 345. The first-order valence-corrected chi connectivity index (χ1v) is 5.70. The average Bonchev–Trinajstić information content (AvgIpc) is 2.23. The van der Waals surface area contributed by atoms with Crippen LogP contribution in [0.1, 0.15) is 22.8 Å². The number of ether oxygens (including phenoxy) is 1. The van der Waals surface area contributed by atoms with Gasteiger partial charge in [0.05, 0.1) is 12.7 Å². The molecule has 0 saturated heterocycles. The number of aliphatic hydroxyl groups is 1. The minimum Gasteiger partial charge on any atom is -0.387 e. The van der Waals surface area contributed by atoms with Gasteiger partial charge in [-0.15, -0.1) is 0 Å². The van der Waals surface area contributed by atoms with Gasteiger partial charge in [0.2, 0.25) is 0 Å². The van der Waals surface area contributed by atoms with E-state index < -0.39 is 6.10 Å². The van der Waals surface area contributed by atoms with E-state index in [9.17, 15) is 9.50 Å². The average molecular weight is 241 g/mol. The molecule has 2 N–H and O–H groups in total. The zero-order valence-corrected chi connectivity index (χ0v) is 10.6. The van der Waals surface area contributed by atoms with Gasteiger partial charge in [-0.3, -0.25) is 0 Å². The number of hydrogen-bond acceptors (Lipinski definition) is 3. The van der Waals surface area contributed by atoms with E-state index in [0.717, 1.165) is 11.1 Å². The van der Waals surface area contributed by atoms with Crippen LogP contribution >= 0.6 is 0 Å². The van der Waals surface area contributed by atoms with Crippen molar-refractivity contribution in [3.63, 3.8) is 0 Å². The number of halogens is 1. The van der Waals surface area contributed by atoms with Crippen LogP contribution in [-0.4, -0.2) is 31.9 Å². The second-order valence-electron chi connectivity index (χ2n) is 4.19. The summed E-state index contributed by atoms with van der Waals surface area (Å²) in [6, 6.07) is 3.32. The van der Waals surface area contributed by atoms with Crippen LogP contribution in [0.3, 0.4) is 0 Å². The van der Waals surface area contributed by atoms with E-state index >= 15 is 0 Å². The molecule has 0 aliphatic carbocycles. The molecule has 0 saturated carbocycles. The Balaban J connectivity index is 2.65. The third kappa shape index (κ3) is 4.07. The Morgan fingerprint density at radius 2 is 2.12 bits per heavy atom. The Hall–Kier alpha value is -0.970. The molecule has 1 atom stereocenters. The molecule has 0 amide bonds. The van der Waals surface area contributed by atoms with E-state index in [0.29, 0.717) is 25.3 Å². The molecule has 0 heterocycles. The van der Waals surface area contributed by atoms with Gasteiger partial charge in [0, 0.05) is 25.8 Å². The molecule has 1 aromatic carbocycles. The normalized spacial score (nSPS) is 12.8. The van der Waals surface area contributed by atoms with Crippen molar-refractivity contribution in [2.24, 2.45) is 0 Å². The highest BCUT2D eigenvalue weighted by Gasteiger charge is 2.15. The van der Waals surface area contributed by atoms with Gasteiger partial charge in [0.25, 0.3) is 0 Å². The molecule has 1 aromatic rings.